The van der Waals surface area contributed by atoms with Crippen LogP contribution in [0.1, 0.15) is 59.8 Å². The lowest BCUT2D eigenvalue weighted by molar-refractivity contribution is 0.537. The van der Waals surface area contributed by atoms with E-state index in [-0.39, 0.29) is 0 Å². The first-order valence-corrected chi connectivity index (χ1v) is 9.01. The smallest absolute Gasteiger partial charge is 0.00979 e. The van der Waals surface area contributed by atoms with Gasteiger partial charge in [0.25, 0.3) is 0 Å². The molecule has 0 spiro atoms. The molecule has 0 bridgehead atoms. The van der Waals surface area contributed by atoms with Crippen molar-refractivity contribution in [1.82, 2.24) is 0 Å². The van der Waals surface area contributed by atoms with Gasteiger partial charge in [-0.1, -0.05) is 91.9 Å². The lowest BCUT2D eigenvalue weighted by Crippen LogP contribution is -2.02. The summed E-state index contributed by atoms with van der Waals surface area (Å²) in [5, 5.41) is 0. The minimum absolute atomic E-state index is 0.551. The van der Waals surface area contributed by atoms with Crippen LogP contribution >= 0.6 is 0 Å². The van der Waals surface area contributed by atoms with E-state index in [2.05, 4.69) is 91.9 Å². The van der Waals surface area contributed by atoms with Gasteiger partial charge in [-0.15, -0.1) is 0 Å². The summed E-state index contributed by atoms with van der Waals surface area (Å²) in [6.07, 6.45) is 2.46. The second kappa shape index (κ2) is 6.65. The van der Waals surface area contributed by atoms with Gasteiger partial charge in [0.15, 0.2) is 0 Å². The van der Waals surface area contributed by atoms with E-state index in [1.807, 2.05) is 0 Å². The second-order valence-corrected chi connectivity index (χ2v) is 7.07. The third-order valence-corrected chi connectivity index (χ3v) is 5.54. The van der Waals surface area contributed by atoms with E-state index < -0.39 is 0 Å². The molecule has 0 nitrogen and oxygen atoms in total. The van der Waals surface area contributed by atoms with Crippen LogP contribution in [0.25, 0.3) is 0 Å². The maximum atomic E-state index is 2.37. The Morgan fingerprint density at radius 3 is 2.04 bits per heavy atom. The Hall–Kier alpha value is -2.34. The van der Waals surface area contributed by atoms with Gasteiger partial charge in [0.1, 0.15) is 0 Å². The van der Waals surface area contributed by atoms with Gasteiger partial charge >= 0.3 is 0 Å². The van der Waals surface area contributed by atoms with Crippen molar-refractivity contribution >= 4 is 0 Å². The van der Waals surface area contributed by atoms with Crippen molar-refractivity contribution in [2.75, 3.05) is 0 Å². The maximum absolute atomic E-state index is 2.37. The van der Waals surface area contributed by atoms with Crippen LogP contribution in [0.4, 0.5) is 0 Å². The van der Waals surface area contributed by atoms with Gasteiger partial charge in [-0.2, -0.15) is 0 Å². The average molecular weight is 312 g/mol. The van der Waals surface area contributed by atoms with E-state index >= 15 is 0 Å². The minimum atomic E-state index is 0.551. The Bertz CT molecular complexity index is 787. The van der Waals surface area contributed by atoms with E-state index in [1.54, 1.807) is 5.56 Å². The fraction of sp³-hybridized carbons (Fsp3) is 0.250. The van der Waals surface area contributed by atoms with E-state index in [1.165, 1.54) is 29.5 Å². The maximum Gasteiger partial charge on any atom is 0.00979 e. The van der Waals surface area contributed by atoms with Crippen LogP contribution in [0.5, 0.6) is 0 Å². The van der Waals surface area contributed by atoms with E-state index in [4.69, 9.17) is 0 Å². The van der Waals surface area contributed by atoms with Gasteiger partial charge in [0.05, 0.1) is 0 Å². The molecule has 0 unspecified atom stereocenters. The standard InChI is InChI=1S/C24H24/c1-18(19-10-4-2-5-11-19)16-21-17-24(20-12-6-3-7-13-20)23-15-9-8-14-22(21)23/h2-15,18,21,24H,16-17H2,1H3/t18-,21-,24-/m1/s1. The van der Waals surface area contributed by atoms with Crippen LogP contribution in [-0.4, -0.2) is 0 Å². The quantitative estimate of drug-likeness (QED) is 0.516. The van der Waals surface area contributed by atoms with Crippen molar-refractivity contribution in [2.24, 2.45) is 0 Å². The predicted molar refractivity (Wildman–Crippen MR) is 102 cm³/mol. The molecule has 24 heavy (non-hydrogen) atoms. The first kappa shape index (κ1) is 15.2. The third kappa shape index (κ3) is 2.89. The number of benzene rings is 3. The Labute approximate surface area is 145 Å². The largest absolute Gasteiger partial charge is 0.0622 e. The highest BCUT2D eigenvalue weighted by molar-refractivity contribution is 5.45. The lowest BCUT2D eigenvalue weighted by atomic mass is 9.86. The summed E-state index contributed by atoms with van der Waals surface area (Å²) in [5.41, 5.74) is 6.01. The molecule has 0 N–H and O–H groups in total. The van der Waals surface area contributed by atoms with Gasteiger partial charge < -0.3 is 0 Å². The van der Waals surface area contributed by atoms with Crippen molar-refractivity contribution in [3.63, 3.8) is 0 Å². The molecule has 1 aliphatic carbocycles. The molecule has 0 fully saturated rings. The van der Waals surface area contributed by atoms with Gasteiger partial charge in [-0.05, 0) is 46.9 Å². The van der Waals surface area contributed by atoms with Crippen LogP contribution < -0.4 is 0 Å². The van der Waals surface area contributed by atoms with Crippen LogP contribution in [0.3, 0.4) is 0 Å². The normalized spacial score (nSPS) is 20.5. The molecule has 0 amide bonds. The van der Waals surface area contributed by atoms with Crippen molar-refractivity contribution in [3.8, 4) is 0 Å². The minimum Gasteiger partial charge on any atom is -0.0622 e. The molecule has 4 rings (SSSR count). The fourth-order valence-electron chi connectivity index (χ4n) is 4.31. The summed E-state index contributed by atoms with van der Waals surface area (Å²) in [6.45, 7) is 2.37. The van der Waals surface area contributed by atoms with Gasteiger partial charge in [0, 0.05) is 5.92 Å². The Kier molecular flexibility index (Phi) is 4.21. The molecule has 120 valence electrons. The fourth-order valence-corrected chi connectivity index (χ4v) is 4.31. The van der Waals surface area contributed by atoms with Crippen LogP contribution in [-0.2, 0) is 0 Å². The number of rotatable bonds is 4. The topological polar surface area (TPSA) is 0 Å². The zero-order chi connectivity index (χ0) is 16.4. The highest BCUT2D eigenvalue weighted by Gasteiger charge is 2.32. The van der Waals surface area contributed by atoms with Crippen LogP contribution in [0.15, 0.2) is 84.9 Å². The van der Waals surface area contributed by atoms with Crippen molar-refractivity contribution in [1.29, 1.82) is 0 Å². The molecule has 0 heteroatoms. The summed E-state index contributed by atoms with van der Waals surface area (Å²) in [4.78, 5) is 0. The molecule has 0 saturated heterocycles. The zero-order valence-corrected chi connectivity index (χ0v) is 14.2. The van der Waals surface area contributed by atoms with E-state index in [9.17, 15) is 0 Å². The highest BCUT2D eigenvalue weighted by Crippen LogP contribution is 2.48. The second-order valence-electron chi connectivity index (χ2n) is 7.07. The summed E-state index contributed by atoms with van der Waals surface area (Å²) >= 11 is 0. The SMILES string of the molecule is C[C@H](C[C@@H]1C[C@H](c2ccccc2)c2ccccc21)c1ccccc1. The molecule has 3 atom stereocenters. The molecule has 0 radical (unpaired) electrons. The zero-order valence-electron chi connectivity index (χ0n) is 14.2. The van der Waals surface area contributed by atoms with Gasteiger partial charge in [0.2, 0.25) is 0 Å². The molecular formula is C24H24. The molecular weight excluding hydrogens is 288 g/mol. The summed E-state index contributed by atoms with van der Waals surface area (Å²) < 4.78 is 0. The third-order valence-electron chi connectivity index (χ3n) is 5.54. The summed E-state index contributed by atoms with van der Waals surface area (Å²) in [6, 6.07) is 31.0. The van der Waals surface area contributed by atoms with Crippen molar-refractivity contribution in [2.45, 2.75) is 37.5 Å². The molecule has 0 aromatic heterocycles. The summed E-state index contributed by atoms with van der Waals surface area (Å²) in [7, 11) is 0. The first-order chi connectivity index (χ1) is 11.8. The first-order valence-electron chi connectivity index (χ1n) is 9.01. The average Bonchev–Trinajstić information content (AvgIpc) is 3.02. The molecule has 3 aromatic carbocycles. The Balaban J connectivity index is 1.61. The van der Waals surface area contributed by atoms with Crippen molar-refractivity contribution in [3.05, 3.63) is 107 Å². The van der Waals surface area contributed by atoms with Crippen LogP contribution in [0.2, 0.25) is 0 Å². The molecule has 0 aliphatic heterocycles. The number of fused-ring (bicyclic) bond motifs is 1. The monoisotopic (exact) mass is 312 g/mol. The van der Waals surface area contributed by atoms with Gasteiger partial charge in [-0.25, -0.2) is 0 Å². The van der Waals surface area contributed by atoms with Crippen molar-refractivity contribution < 1.29 is 0 Å². The predicted octanol–water partition coefficient (Wildman–Crippen LogP) is 6.50. The molecule has 0 saturated carbocycles. The highest BCUT2D eigenvalue weighted by atomic mass is 14.4. The summed E-state index contributed by atoms with van der Waals surface area (Å²) in [5.74, 6) is 1.80. The Morgan fingerprint density at radius 1 is 0.750 bits per heavy atom. The van der Waals surface area contributed by atoms with E-state index in [0.717, 1.165) is 0 Å². The molecule has 3 aromatic rings. The molecule has 1 aliphatic rings. The van der Waals surface area contributed by atoms with E-state index in [0.29, 0.717) is 17.8 Å². The van der Waals surface area contributed by atoms with Crippen LogP contribution in [0, 0.1) is 0 Å². The lowest BCUT2D eigenvalue weighted by Gasteiger charge is -2.18. The number of hydrogen-bond acceptors (Lipinski definition) is 0. The number of hydrogen-bond donors (Lipinski definition) is 0. The van der Waals surface area contributed by atoms with Gasteiger partial charge in [-0.3, -0.25) is 0 Å². The molecule has 0 heterocycles. The Morgan fingerprint density at radius 2 is 1.33 bits per heavy atom.